The van der Waals surface area contributed by atoms with Gasteiger partial charge in [-0.3, -0.25) is 0 Å². The van der Waals surface area contributed by atoms with Gasteiger partial charge in [0.15, 0.2) is 0 Å². The molecule has 4 heteroatoms. The van der Waals surface area contributed by atoms with E-state index < -0.39 is 0 Å². The first-order chi connectivity index (χ1) is 5.43. The molecule has 0 bridgehead atoms. The molecule has 0 spiro atoms. The molecule has 0 aliphatic heterocycles. The molecule has 1 aromatic heterocycles. The van der Waals surface area contributed by atoms with Crippen LogP contribution in [0.5, 0.6) is 0 Å². The molecule has 1 rings (SSSR count). The number of halogens is 2. The molecule has 0 fully saturated rings. The molecule has 1 heterocycles. The van der Waals surface area contributed by atoms with Crippen LogP contribution in [0, 0.1) is 0 Å². The monoisotopic (exact) mass is 262 g/mol. The van der Waals surface area contributed by atoms with Crippen molar-refractivity contribution in [1.29, 1.82) is 0 Å². The fourth-order valence-corrected chi connectivity index (χ4v) is 1.89. The fourth-order valence-electron chi connectivity index (χ4n) is 1.19. The normalized spacial score (nSPS) is 8.07. The van der Waals surface area contributed by atoms with Gasteiger partial charge >= 0.3 is 23.1 Å². The minimum Gasteiger partial charge on any atom is -1.00 e. The van der Waals surface area contributed by atoms with E-state index in [9.17, 15) is 0 Å². The summed E-state index contributed by atoms with van der Waals surface area (Å²) in [6, 6.07) is 2.23. The molecule has 0 unspecified atom stereocenters. The molecule has 78 valence electrons. The van der Waals surface area contributed by atoms with Gasteiger partial charge in [-0.25, -0.2) is 0 Å². The summed E-state index contributed by atoms with van der Waals surface area (Å²) in [6.07, 6.45) is 6.77. The summed E-state index contributed by atoms with van der Waals surface area (Å²) in [5, 5.41) is 4.42. The third-order valence-electron chi connectivity index (χ3n) is 1.90. The first-order valence-electron chi connectivity index (χ1n) is 4.44. The van der Waals surface area contributed by atoms with Crippen LogP contribution in [-0.2, 0) is 6.42 Å². The third kappa shape index (κ3) is 9.60. The summed E-state index contributed by atoms with van der Waals surface area (Å²) in [5.41, 5.74) is 1.52. The van der Waals surface area contributed by atoms with Gasteiger partial charge in [0.1, 0.15) is 0 Å². The van der Waals surface area contributed by atoms with E-state index in [1.807, 2.05) is 0 Å². The van der Waals surface area contributed by atoms with Crippen molar-refractivity contribution in [3.8, 4) is 0 Å². The van der Waals surface area contributed by atoms with Crippen LogP contribution in [0.15, 0.2) is 16.8 Å². The molecule has 0 radical (unpaired) electrons. The quantitative estimate of drug-likeness (QED) is 0.407. The second-order valence-corrected chi connectivity index (χ2v) is 3.72. The van der Waals surface area contributed by atoms with Gasteiger partial charge in [0.25, 0.3) is 0 Å². The minimum atomic E-state index is 0. The Hall–Kier alpha value is 1.05. The third-order valence-corrected chi connectivity index (χ3v) is 2.63. The molecule has 0 nitrogen and oxygen atoms in total. The summed E-state index contributed by atoms with van der Waals surface area (Å²) in [7, 11) is 0. The molecule has 0 saturated carbocycles. The molecule has 0 aliphatic rings. The summed E-state index contributed by atoms with van der Waals surface area (Å²) in [4.78, 5) is 0. The maximum atomic E-state index is 2.26. The number of rotatable bonds is 5. The molecule has 0 amide bonds. The van der Waals surface area contributed by atoms with Crippen molar-refractivity contribution in [3.05, 3.63) is 22.4 Å². The van der Waals surface area contributed by atoms with Crippen molar-refractivity contribution in [2.75, 3.05) is 0 Å². The van der Waals surface area contributed by atoms with Gasteiger partial charge < -0.3 is 24.8 Å². The molecular weight excluding hydrogens is 247 g/mol. The van der Waals surface area contributed by atoms with Crippen LogP contribution in [0.2, 0.25) is 0 Å². The van der Waals surface area contributed by atoms with Gasteiger partial charge in [-0.15, -0.1) is 0 Å². The average Bonchev–Trinajstić information content (AvgIpc) is 2.50. The SMILES string of the molecule is CCCCCCc1ccsc1.[Cl-].[Cl-].[Mg+2]. The predicted octanol–water partition coefficient (Wildman–Crippen LogP) is -2.50. The van der Waals surface area contributed by atoms with Crippen LogP contribution in [0.1, 0.15) is 38.2 Å². The van der Waals surface area contributed by atoms with Crippen LogP contribution in [0.25, 0.3) is 0 Å². The number of thiophene rings is 1. The average molecular weight is 264 g/mol. The van der Waals surface area contributed by atoms with Gasteiger partial charge in [-0.1, -0.05) is 26.2 Å². The molecule has 1 aromatic rings. The second kappa shape index (κ2) is 14.0. The Morgan fingerprint density at radius 2 is 1.86 bits per heavy atom. The fraction of sp³-hybridized carbons (Fsp3) is 0.600. The zero-order chi connectivity index (χ0) is 7.94. The standard InChI is InChI=1S/C10H16S.2ClH.Mg/c1-2-3-4-5-6-10-7-8-11-9-10;;;/h7-9H,2-6H2,1H3;2*1H;/q;;;+2/p-2. The first-order valence-corrected chi connectivity index (χ1v) is 5.39. The van der Waals surface area contributed by atoms with E-state index in [0.29, 0.717) is 0 Å². The molecule has 14 heavy (non-hydrogen) atoms. The van der Waals surface area contributed by atoms with E-state index in [4.69, 9.17) is 0 Å². The second-order valence-electron chi connectivity index (χ2n) is 2.94. The molecule has 0 aliphatic carbocycles. The van der Waals surface area contributed by atoms with Gasteiger partial charge in [0.05, 0.1) is 0 Å². The van der Waals surface area contributed by atoms with Gasteiger partial charge in [-0.2, -0.15) is 11.3 Å². The van der Waals surface area contributed by atoms with E-state index in [0.717, 1.165) is 0 Å². The Morgan fingerprint density at radius 1 is 1.14 bits per heavy atom. The predicted molar refractivity (Wildman–Crippen MR) is 57.9 cm³/mol. The number of aryl methyl sites for hydroxylation is 1. The Morgan fingerprint density at radius 3 is 2.36 bits per heavy atom. The molecule has 0 atom stereocenters. The van der Waals surface area contributed by atoms with Crippen molar-refractivity contribution in [3.63, 3.8) is 0 Å². The van der Waals surface area contributed by atoms with E-state index in [1.54, 1.807) is 11.3 Å². The van der Waals surface area contributed by atoms with E-state index in [2.05, 4.69) is 23.8 Å². The number of unbranched alkanes of at least 4 members (excludes halogenated alkanes) is 3. The topological polar surface area (TPSA) is 0 Å². The van der Waals surface area contributed by atoms with Gasteiger partial charge in [-0.05, 0) is 35.2 Å². The Labute approximate surface area is 120 Å². The van der Waals surface area contributed by atoms with Crippen molar-refractivity contribution >= 4 is 34.4 Å². The Balaban J connectivity index is -0.000000403. The summed E-state index contributed by atoms with van der Waals surface area (Å²) in [6.45, 7) is 2.25. The van der Waals surface area contributed by atoms with Gasteiger partial charge in [0, 0.05) is 0 Å². The van der Waals surface area contributed by atoms with Crippen LogP contribution in [0.4, 0.5) is 0 Å². The summed E-state index contributed by atoms with van der Waals surface area (Å²) < 4.78 is 0. The molecule has 0 saturated heterocycles. The zero-order valence-corrected chi connectivity index (χ0v) is 12.4. The smallest absolute Gasteiger partial charge is 1.00 e. The van der Waals surface area contributed by atoms with E-state index in [1.165, 1.54) is 37.7 Å². The van der Waals surface area contributed by atoms with Crippen LogP contribution >= 0.6 is 11.3 Å². The van der Waals surface area contributed by atoms with Crippen LogP contribution < -0.4 is 24.8 Å². The maximum Gasteiger partial charge on any atom is 2.00 e. The number of hydrogen-bond donors (Lipinski definition) is 0. The molecule has 0 N–H and O–H groups in total. The van der Waals surface area contributed by atoms with Crippen molar-refractivity contribution < 1.29 is 24.8 Å². The van der Waals surface area contributed by atoms with Crippen molar-refractivity contribution in [2.24, 2.45) is 0 Å². The zero-order valence-electron chi connectivity index (χ0n) is 8.64. The number of hydrogen-bond acceptors (Lipinski definition) is 1. The molecular formula is C10H16Cl2MgS. The maximum absolute atomic E-state index is 2.26. The summed E-state index contributed by atoms with van der Waals surface area (Å²) >= 11 is 1.80. The molecule has 0 aromatic carbocycles. The minimum absolute atomic E-state index is 0. The van der Waals surface area contributed by atoms with Gasteiger partial charge in [0.2, 0.25) is 0 Å². The van der Waals surface area contributed by atoms with Crippen molar-refractivity contribution in [1.82, 2.24) is 0 Å². The Bertz CT molecular complexity index is 178. The Kier molecular flexibility index (Phi) is 20.5. The first kappa shape index (κ1) is 20.5. The van der Waals surface area contributed by atoms with Crippen molar-refractivity contribution in [2.45, 2.75) is 39.0 Å². The largest absolute Gasteiger partial charge is 2.00 e. The van der Waals surface area contributed by atoms with E-state index >= 15 is 0 Å². The summed E-state index contributed by atoms with van der Waals surface area (Å²) in [5.74, 6) is 0. The van der Waals surface area contributed by atoms with E-state index in [-0.39, 0.29) is 47.9 Å². The van der Waals surface area contributed by atoms with Crippen LogP contribution in [0.3, 0.4) is 0 Å². The van der Waals surface area contributed by atoms with Crippen LogP contribution in [-0.4, -0.2) is 23.1 Å².